The van der Waals surface area contributed by atoms with Gasteiger partial charge in [-0.25, -0.2) is 0 Å². The van der Waals surface area contributed by atoms with Crippen LogP contribution in [-0.4, -0.2) is 44.2 Å². The van der Waals surface area contributed by atoms with Crippen molar-refractivity contribution >= 4 is 18.3 Å². The maximum atomic E-state index is 12.5. The number of amides is 1. The van der Waals surface area contributed by atoms with Crippen molar-refractivity contribution in [2.24, 2.45) is 11.1 Å². The summed E-state index contributed by atoms with van der Waals surface area (Å²) in [6.07, 6.45) is 2.03. The number of carbonyl (C=O) groups is 1. The molecule has 1 fully saturated rings. The number of methoxy groups -OCH3 is 2. The second kappa shape index (κ2) is 8.58. The monoisotopic (exact) mass is 356 g/mol. The van der Waals surface area contributed by atoms with E-state index < -0.39 is 0 Å². The van der Waals surface area contributed by atoms with E-state index in [1.807, 2.05) is 23.1 Å². The summed E-state index contributed by atoms with van der Waals surface area (Å²) in [7, 11) is 3.26. The number of nitrogens with two attached hydrogens (primary N) is 1. The Morgan fingerprint density at radius 2 is 1.83 bits per heavy atom. The fourth-order valence-electron chi connectivity index (χ4n) is 3.01. The third-order valence-electron chi connectivity index (χ3n) is 4.70. The first kappa shape index (κ1) is 20.6. The predicted octanol–water partition coefficient (Wildman–Crippen LogP) is 2.64. The highest BCUT2D eigenvalue weighted by Crippen LogP contribution is 2.28. The SMILES string of the molecule is COc1cc(CCC(=O)N2CCC(N)C(C)(C)C2)cc(OC)c1.Cl. The van der Waals surface area contributed by atoms with Gasteiger partial charge in [0.2, 0.25) is 5.91 Å². The molecule has 1 aliphatic rings. The van der Waals surface area contributed by atoms with E-state index >= 15 is 0 Å². The van der Waals surface area contributed by atoms with Gasteiger partial charge in [-0.05, 0) is 36.0 Å². The third-order valence-corrected chi connectivity index (χ3v) is 4.70. The summed E-state index contributed by atoms with van der Waals surface area (Å²) in [6.45, 7) is 5.74. The number of ether oxygens (including phenoxy) is 2. The molecule has 1 saturated heterocycles. The first-order valence-corrected chi connectivity index (χ1v) is 8.11. The minimum absolute atomic E-state index is 0. The molecule has 0 aliphatic carbocycles. The first-order valence-electron chi connectivity index (χ1n) is 8.11. The van der Waals surface area contributed by atoms with Crippen molar-refractivity contribution in [2.75, 3.05) is 27.3 Å². The molecule has 2 N–H and O–H groups in total. The van der Waals surface area contributed by atoms with Crippen LogP contribution in [0.4, 0.5) is 0 Å². The maximum absolute atomic E-state index is 12.5. The van der Waals surface area contributed by atoms with Crippen LogP contribution in [0.2, 0.25) is 0 Å². The Morgan fingerprint density at radius 3 is 2.33 bits per heavy atom. The number of benzene rings is 1. The standard InChI is InChI=1S/C18H28N2O3.ClH/c1-18(2)12-20(8-7-16(18)19)17(21)6-5-13-9-14(22-3)11-15(10-13)23-4;/h9-11,16H,5-8,12,19H2,1-4H3;1H. The lowest BCUT2D eigenvalue weighted by molar-refractivity contribution is -0.134. The van der Waals surface area contributed by atoms with Crippen LogP contribution in [0.1, 0.15) is 32.3 Å². The lowest BCUT2D eigenvalue weighted by atomic mass is 9.79. The third kappa shape index (κ3) is 5.02. The van der Waals surface area contributed by atoms with Crippen molar-refractivity contribution in [3.05, 3.63) is 23.8 Å². The number of hydrogen-bond acceptors (Lipinski definition) is 4. The van der Waals surface area contributed by atoms with Crippen molar-refractivity contribution in [3.63, 3.8) is 0 Å². The molecule has 136 valence electrons. The summed E-state index contributed by atoms with van der Waals surface area (Å²) in [5.41, 5.74) is 7.16. The average molecular weight is 357 g/mol. The molecule has 1 aliphatic heterocycles. The number of piperidine rings is 1. The van der Waals surface area contributed by atoms with Crippen LogP contribution in [0.25, 0.3) is 0 Å². The number of nitrogens with zero attached hydrogens (tertiary/aromatic N) is 1. The highest BCUT2D eigenvalue weighted by Gasteiger charge is 2.35. The van der Waals surface area contributed by atoms with Gasteiger partial charge in [-0.1, -0.05) is 13.8 Å². The highest BCUT2D eigenvalue weighted by molar-refractivity contribution is 5.85. The van der Waals surface area contributed by atoms with E-state index in [-0.39, 0.29) is 29.8 Å². The topological polar surface area (TPSA) is 64.8 Å². The van der Waals surface area contributed by atoms with Gasteiger partial charge >= 0.3 is 0 Å². The molecule has 1 heterocycles. The van der Waals surface area contributed by atoms with Crippen LogP contribution in [0, 0.1) is 5.41 Å². The molecule has 1 atom stereocenters. The lowest BCUT2D eigenvalue weighted by Crippen LogP contribution is -2.54. The summed E-state index contributed by atoms with van der Waals surface area (Å²) in [5.74, 6) is 1.68. The molecule has 1 amide bonds. The zero-order chi connectivity index (χ0) is 17.0. The quantitative estimate of drug-likeness (QED) is 0.880. The Bertz CT molecular complexity index is 541. The predicted molar refractivity (Wildman–Crippen MR) is 98.1 cm³/mol. The molecule has 6 heteroatoms. The van der Waals surface area contributed by atoms with Crippen molar-refractivity contribution in [1.29, 1.82) is 0 Å². The van der Waals surface area contributed by atoms with Gasteiger partial charge in [0.15, 0.2) is 0 Å². The summed E-state index contributed by atoms with van der Waals surface area (Å²) in [5, 5.41) is 0. The van der Waals surface area contributed by atoms with Gasteiger partial charge in [0.25, 0.3) is 0 Å². The summed E-state index contributed by atoms with van der Waals surface area (Å²) in [6, 6.07) is 5.89. The molecule has 24 heavy (non-hydrogen) atoms. The van der Waals surface area contributed by atoms with Crippen molar-refractivity contribution in [2.45, 2.75) is 39.2 Å². The molecule has 2 rings (SSSR count). The molecule has 0 bridgehead atoms. The Morgan fingerprint density at radius 1 is 1.25 bits per heavy atom. The van der Waals surface area contributed by atoms with Gasteiger partial charge in [0.1, 0.15) is 11.5 Å². The largest absolute Gasteiger partial charge is 0.497 e. The van der Waals surface area contributed by atoms with Gasteiger partial charge in [0, 0.05) is 31.6 Å². The first-order chi connectivity index (χ1) is 10.9. The fraction of sp³-hybridized carbons (Fsp3) is 0.611. The zero-order valence-electron chi connectivity index (χ0n) is 15.0. The second-order valence-corrected chi connectivity index (χ2v) is 6.92. The molecule has 1 unspecified atom stereocenters. The van der Waals surface area contributed by atoms with Crippen molar-refractivity contribution in [1.82, 2.24) is 4.90 Å². The molecule has 1 aromatic rings. The molecular formula is C18H29ClN2O3. The van der Waals surface area contributed by atoms with E-state index in [1.165, 1.54) is 0 Å². The smallest absolute Gasteiger partial charge is 0.222 e. The van der Waals surface area contributed by atoms with Gasteiger partial charge in [0.05, 0.1) is 14.2 Å². The molecule has 0 aromatic heterocycles. The van der Waals surface area contributed by atoms with E-state index in [0.717, 1.165) is 36.6 Å². The molecule has 0 saturated carbocycles. The highest BCUT2D eigenvalue weighted by atomic mass is 35.5. The summed E-state index contributed by atoms with van der Waals surface area (Å²) in [4.78, 5) is 14.4. The van der Waals surface area contributed by atoms with Crippen molar-refractivity contribution in [3.8, 4) is 11.5 Å². The molecular weight excluding hydrogens is 328 g/mol. The van der Waals surface area contributed by atoms with E-state index in [0.29, 0.717) is 12.8 Å². The van der Waals surface area contributed by atoms with Gasteiger partial charge in [-0.3, -0.25) is 4.79 Å². The Balaban J connectivity index is 0.00000288. The normalized spacial score (nSPS) is 19.4. The molecule has 0 radical (unpaired) electrons. The molecule has 5 nitrogen and oxygen atoms in total. The maximum Gasteiger partial charge on any atom is 0.222 e. The number of halogens is 1. The molecule has 1 aromatic carbocycles. The van der Waals surface area contributed by atoms with E-state index in [2.05, 4.69) is 13.8 Å². The molecule has 0 spiro atoms. The van der Waals surface area contributed by atoms with Crippen LogP contribution in [0.3, 0.4) is 0 Å². The Hall–Kier alpha value is -1.46. The number of hydrogen-bond donors (Lipinski definition) is 1. The van der Waals surface area contributed by atoms with E-state index in [1.54, 1.807) is 14.2 Å². The van der Waals surface area contributed by atoms with Crippen LogP contribution >= 0.6 is 12.4 Å². The lowest BCUT2D eigenvalue weighted by Gasteiger charge is -2.42. The minimum Gasteiger partial charge on any atom is -0.497 e. The minimum atomic E-state index is -0.0207. The van der Waals surface area contributed by atoms with Crippen molar-refractivity contribution < 1.29 is 14.3 Å². The fourth-order valence-corrected chi connectivity index (χ4v) is 3.01. The van der Waals surface area contributed by atoms with Crippen LogP contribution in [0.15, 0.2) is 18.2 Å². The Kier molecular flexibility index (Phi) is 7.36. The number of rotatable bonds is 5. The zero-order valence-corrected chi connectivity index (χ0v) is 15.8. The Labute approximate surface area is 150 Å². The number of carbonyl (C=O) groups excluding carboxylic acids is 1. The average Bonchev–Trinajstić information content (AvgIpc) is 2.54. The van der Waals surface area contributed by atoms with Crippen LogP contribution in [-0.2, 0) is 11.2 Å². The van der Waals surface area contributed by atoms with Gasteiger partial charge in [-0.2, -0.15) is 0 Å². The van der Waals surface area contributed by atoms with E-state index in [4.69, 9.17) is 15.2 Å². The second-order valence-electron chi connectivity index (χ2n) is 6.92. The van der Waals surface area contributed by atoms with Crippen LogP contribution < -0.4 is 15.2 Å². The number of likely N-dealkylation sites (tertiary alicyclic amines) is 1. The van der Waals surface area contributed by atoms with Gasteiger partial charge in [-0.15, -0.1) is 12.4 Å². The number of aryl methyl sites for hydroxylation is 1. The van der Waals surface area contributed by atoms with Gasteiger partial charge < -0.3 is 20.1 Å². The van der Waals surface area contributed by atoms with E-state index in [9.17, 15) is 4.79 Å². The summed E-state index contributed by atoms with van der Waals surface area (Å²) >= 11 is 0. The van der Waals surface area contributed by atoms with Crippen LogP contribution in [0.5, 0.6) is 11.5 Å². The summed E-state index contributed by atoms with van der Waals surface area (Å²) < 4.78 is 10.5.